The zero-order valence-electron chi connectivity index (χ0n) is 31.7. The smallest absolute Gasteiger partial charge is 0.177 e. The molecule has 0 amide bonds. The van der Waals surface area contributed by atoms with Gasteiger partial charge in [-0.2, -0.15) is 0 Å². The molecule has 3 heteroatoms. The zero-order chi connectivity index (χ0) is 38.2. The summed E-state index contributed by atoms with van der Waals surface area (Å²) in [7, 11) is 0. The second kappa shape index (κ2) is 12.8. The second-order valence-electron chi connectivity index (χ2n) is 15.4. The van der Waals surface area contributed by atoms with Crippen molar-refractivity contribution in [3.05, 3.63) is 228 Å². The third-order valence-corrected chi connectivity index (χ3v) is 12.4. The Bertz CT molecular complexity index is 2980. The summed E-state index contributed by atoms with van der Waals surface area (Å²) in [6.45, 7) is 0. The molecular formula is C55H37NO2. The normalized spacial score (nSPS) is 14.5. The Morgan fingerprint density at radius 3 is 1.74 bits per heavy atom. The van der Waals surface area contributed by atoms with E-state index < -0.39 is 5.41 Å². The fourth-order valence-electron chi connectivity index (χ4n) is 9.95. The fourth-order valence-corrected chi connectivity index (χ4v) is 9.95. The molecule has 0 saturated carbocycles. The Morgan fingerprint density at radius 1 is 0.414 bits per heavy atom. The van der Waals surface area contributed by atoms with E-state index >= 15 is 0 Å². The first-order valence-electron chi connectivity index (χ1n) is 20.2. The molecule has 0 bridgehead atoms. The summed E-state index contributed by atoms with van der Waals surface area (Å²) in [5.74, 6) is 2.87. The van der Waals surface area contributed by atoms with E-state index in [0.717, 1.165) is 58.3 Å². The predicted molar refractivity (Wildman–Crippen MR) is 235 cm³/mol. The van der Waals surface area contributed by atoms with Crippen LogP contribution >= 0.6 is 0 Å². The van der Waals surface area contributed by atoms with Gasteiger partial charge < -0.3 is 14.4 Å². The highest BCUT2D eigenvalue weighted by molar-refractivity contribution is 5.96. The first-order valence-corrected chi connectivity index (χ1v) is 20.2. The zero-order valence-corrected chi connectivity index (χ0v) is 31.7. The van der Waals surface area contributed by atoms with E-state index in [4.69, 9.17) is 9.47 Å². The Labute approximate surface area is 338 Å². The van der Waals surface area contributed by atoms with Gasteiger partial charge in [0.1, 0.15) is 0 Å². The van der Waals surface area contributed by atoms with Crippen LogP contribution in [-0.4, -0.2) is 0 Å². The molecule has 8 aromatic carbocycles. The van der Waals surface area contributed by atoms with Crippen molar-refractivity contribution in [1.82, 2.24) is 0 Å². The maximum atomic E-state index is 7.01. The van der Waals surface area contributed by atoms with Crippen molar-refractivity contribution in [2.75, 3.05) is 4.90 Å². The van der Waals surface area contributed by atoms with Gasteiger partial charge in [-0.3, -0.25) is 0 Å². The molecule has 1 spiro atoms. The van der Waals surface area contributed by atoms with E-state index in [-0.39, 0.29) is 0 Å². The number of allylic oxidation sites excluding steroid dienone is 3. The number of benzene rings is 8. The van der Waals surface area contributed by atoms with E-state index in [1.807, 2.05) is 6.07 Å². The van der Waals surface area contributed by atoms with Crippen LogP contribution in [0.5, 0.6) is 23.0 Å². The Kier molecular flexibility index (Phi) is 7.27. The third kappa shape index (κ3) is 4.74. The van der Waals surface area contributed by atoms with Crippen LogP contribution in [0, 0.1) is 0 Å². The van der Waals surface area contributed by atoms with Crippen molar-refractivity contribution in [3.8, 4) is 67.5 Å². The van der Waals surface area contributed by atoms with E-state index in [1.165, 1.54) is 55.6 Å². The van der Waals surface area contributed by atoms with Gasteiger partial charge in [0.2, 0.25) is 0 Å². The summed E-state index contributed by atoms with van der Waals surface area (Å²) in [6.07, 6.45) is 8.91. The molecule has 3 nitrogen and oxygen atoms in total. The minimum Gasteiger partial charge on any atom is -0.449 e. The van der Waals surface area contributed by atoms with Gasteiger partial charge in [0.05, 0.1) is 11.1 Å². The van der Waals surface area contributed by atoms with Crippen LogP contribution in [0.1, 0.15) is 35.1 Å². The monoisotopic (exact) mass is 743 g/mol. The quantitative estimate of drug-likeness (QED) is 0.175. The molecule has 1 aliphatic heterocycles. The van der Waals surface area contributed by atoms with Crippen LogP contribution < -0.4 is 14.4 Å². The lowest BCUT2D eigenvalue weighted by molar-refractivity contribution is 0.360. The summed E-state index contributed by atoms with van der Waals surface area (Å²) in [6, 6.07) is 65.4. The highest BCUT2D eigenvalue weighted by Crippen LogP contribution is 2.65. The summed E-state index contributed by atoms with van der Waals surface area (Å²) >= 11 is 0. The molecule has 274 valence electrons. The molecule has 58 heavy (non-hydrogen) atoms. The molecule has 0 N–H and O–H groups in total. The van der Waals surface area contributed by atoms with Crippen molar-refractivity contribution in [2.45, 2.75) is 18.3 Å². The van der Waals surface area contributed by atoms with E-state index in [9.17, 15) is 0 Å². The molecule has 0 saturated heterocycles. The average molecular weight is 744 g/mol. The molecule has 0 atom stereocenters. The van der Waals surface area contributed by atoms with Crippen molar-refractivity contribution < 1.29 is 9.47 Å². The third-order valence-electron chi connectivity index (χ3n) is 12.4. The lowest BCUT2D eigenvalue weighted by Crippen LogP contribution is -2.25. The highest BCUT2D eigenvalue weighted by atomic mass is 16.6. The molecule has 0 unspecified atom stereocenters. The van der Waals surface area contributed by atoms with Crippen molar-refractivity contribution in [3.63, 3.8) is 0 Å². The largest absolute Gasteiger partial charge is 0.449 e. The highest BCUT2D eigenvalue weighted by Gasteiger charge is 2.52. The van der Waals surface area contributed by atoms with Gasteiger partial charge in [0, 0.05) is 22.5 Å². The van der Waals surface area contributed by atoms with Gasteiger partial charge in [0.25, 0.3) is 0 Å². The number of para-hydroxylation sites is 2. The standard InChI is InChI=1S/C55H37NO2/c1-3-17-36(18-4-1)40-23-10-14-31-50(40)56(38-20-5-2-6-21-38)39-22-15-19-37(33-39)41-27-16-32-51-54(41)58-52-34-45-44-26-9-13-30-48(44)55(49(45)35-53(52)57-51)46-28-11-7-24-42(46)43-25-8-12-29-47(43)55/h1,3-5,7-35H,2,6H2. The second-order valence-corrected chi connectivity index (χ2v) is 15.4. The topological polar surface area (TPSA) is 21.7 Å². The number of nitrogens with zero attached hydrogens (tertiary/aromatic N) is 1. The van der Waals surface area contributed by atoms with Crippen LogP contribution in [-0.2, 0) is 5.41 Å². The van der Waals surface area contributed by atoms with Crippen LogP contribution in [0.25, 0.3) is 44.5 Å². The molecule has 12 rings (SSSR count). The van der Waals surface area contributed by atoms with E-state index in [0.29, 0.717) is 5.75 Å². The van der Waals surface area contributed by atoms with Gasteiger partial charge in [-0.05, 0) is 111 Å². The van der Waals surface area contributed by atoms with Crippen molar-refractivity contribution >= 4 is 11.4 Å². The molecular weight excluding hydrogens is 707 g/mol. The molecule has 1 heterocycles. The van der Waals surface area contributed by atoms with Crippen LogP contribution in [0.4, 0.5) is 11.4 Å². The molecule has 3 aliphatic carbocycles. The van der Waals surface area contributed by atoms with Crippen LogP contribution in [0.2, 0.25) is 0 Å². The van der Waals surface area contributed by atoms with Crippen molar-refractivity contribution in [1.29, 1.82) is 0 Å². The van der Waals surface area contributed by atoms with Gasteiger partial charge >= 0.3 is 0 Å². The number of anilines is 2. The van der Waals surface area contributed by atoms with E-state index in [2.05, 4.69) is 199 Å². The van der Waals surface area contributed by atoms with Crippen LogP contribution in [0.3, 0.4) is 0 Å². The Morgan fingerprint density at radius 2 is 1.02 bits per heavy atom. The summed E-state index contributed by atoms with van der Waals surface area (Å²) in [5, 5.41) is 0. The lowest BCUT2D eigenvalue weighted by atomic mass is 9.70. The molecule has 8 aromatic rings. The van der Waals surface area contributed by atoms with E-state index in [1.54, 1.807) is 0 Å². The van der Waals surface area contributed by atoms with Crippen LogP contribution in [0.15, 0.2) is 206 Å². The number of ether oxygens (including phenoxy) is 2. The minimum atomic E-state index is -0.450. The first-order chi connectivity index (χ1) is 28.8. The summed E-state index contributed by atoms with van der Waals surface area (Å²) in [4.78, 5) is 2.39. The number of hydrogen-bond donors (Lipinski definition) is 0. The Hall–Kier alpha value is -7.36. The predicted octanol–water partition coefficient (Wildman–Crippen LogP) is 14.6. The SMILES string of the molecule is C1=CC(N(c2cccc(-c3cccc4c3Oc3cc5c(cc3O4)C3(c4ccccc4-c4ccccc43)c3ccccc3-5)c2)c2ccccc2-c2ccccc2)=CCC1. The molecule has 0 aromatic heterocycles. The summed E-state index contributed by atoms with van der Waals surface area (Å²) < 4.78 is 13.9. The lowest BCUT2D eigenvalue weighted by Gasteiger charge is -2.31. The number of hydrogen-bond acceptors (Lipinski definition) is 3. The Balaban J connectivity index is 0.980. The van der Waals surface area contributed by atoms with Crippen molar-refractivity contribution in [2.24, 2.45) is 0 Å². The number of rotatable bonds is 5. The molecule has 4 aliphatic rings. The molecule has 0 radical (unpaired) electrons. The first kappa shape index (κ1) is 32.8. The number of fused-ring (bicyclic) bond motifs is 12. The minimum absolute atomic E-state index is 0.450. The van der Waals surface area contributed by atoms with Gasteiger partial charge in [-0.15, -0.1) is 0 Å². The fraction of sp³-hybridized carbons (Fsp3) is 0.0545. The molecule has 0 fully saturated rings. The maximum Gasteiger partial charge on any atom is 0.177 e. The van der Waals surface area contributed by atoms with Gasteiger partial charge in [-0.25, -0.2) is 0 Å². The summed E-state index contributed by atoms with van der Waals surface area (Å²) in [5.41, 5.74) is 17.4. The maximum absolute atomic E-state index is 7.01. The van der Waals surface area contributed by atoms with Gasteiger partial charge in [-0.1, -0.05) is 158 Å². The average Bonchev–Trinajstić information content (AvgIpc) is 3.75. The van der Waals surface area contributed by atoms with Gasteiger partial charge in [0.15, 0.2) is 23.0 Å².